The number of ketones is 1. The van der Waals surface area contributed by atoms with Crippen molar-refractivity contribution in [2.24, 2.45) is 5.41 Å². The first kappa shape index (κ1) is 34.0. The normalized spacial score (nSPS) is 14.7. The van der Waals surface area contributed by atoms with Crippen molar-refractivity contribution in [2.75, 3.05) is 0 Å². The van der Waals surface area contributed by atoms with Crippen LogP contribution in [0.1, 0.15) is 118 Å². The fourth-order valence-electron chi connectivity index (χ4n) is 6.16. The third kappa shape index (κ3) is 7.96. The van der Waals surface area contributed by atoms with Crippen molar-refractivity contribution in [3.8, 4) is 23.0 Å². The number of rotatable bonds is 12. The van der Waals surface area contributed by atoms with E-state index in [1.54, 1.807) is 48.5 Å². The van der Waals surface area contributed by atoms with Crippen LogP contribution in [0.15, 0.2) is 97.1 Å². The zero-order valence-corrected chi connectivity index (χ0v) is 28.7. The highest BCUT2D eigenvalue weighted by molar-refractivity contribution is 6.00. The number of benzene rings is 4. The lowest BCUT2D eigenvalue weighted by Crippen LogP contribution is -2.30. The summed E-state index contributed by atoms with van der Waals surface area (Å²) in [7, 11) is 0. The van der Waals surface area contributed by atoms with E-state index in [9.17, 15) is 9.59 Å². The van der Waals surface area contributed by atoms with Gasteiger partial charge in [0.05, 0.1) is 5.56 Å². The van der Waals surface area contributed by atoms with Gasteiger partial charge in [0, 0.05) is 16.4 Å². The van der Waals surface area contributed by atoms with Gasteiger partial charge >= 0.3 is 5.97 Å². The number of esters is 1. The first-order valence-corrected chi connectivity index (χ1v) is 17.0. The molecule has 0 spiro atoms. The van der Waals surface area contributed by atoms with Gasteiger partial charge in [-0.1, -0.05) is 71.2 Å². The van der Waals surface area contributed by atoms with Crippen molar-refractivity contribution >= 4 is 11.8 Å². The SMILES string of the molecule is CCC(C)(C)Oc1ccc(C2(c3ccc(OC(=O)c4ccc(Oc5ccc(C(=O)C(C)(C)CC)cc5)cc4)cc3)CCCCC2)cc1. The highest BCUT2D eigenvalue weighted by atomic mass is 16.5. The maximum Gasteiger partial charge on any atom is 0.343 e. The summed E-state index contributed by atoms with van der Waals surface area (Å²) in [6, 6.07) is 30.7. The number of carbonyl (C=O) groups excluding carboxylic acids is 2. The molecule has 0 saturated heterocycles. The smallest absolute Gasteiger partial charge is 0.343 e. The van der Waals surface area contributed by atoms with E-state index in [1.165, 1.54) is 30.4 Å². The van der Waals surface area contributed by atoms with Crippen LogP contribution in [0.25, 0.3) is 0 Å². The van der Waals surface area contributed by atoms with E-state index in [0.717, 1.165) is 31.4 Å². The average Bonchev–Trinajstić information content (AvgIpc) is 3.09. The molecule has 5 heteroatoms. The predicted molar refractivity (Wildman–Crippen MR) is 188 cm³/mol. The number of carbonyl (C=O) groups is 2. The third-order valence-electron chi connectivity index (χ3n) is 9.92. The first-order valence-electron chi connectivity index (χ1n) is 17.0. The van der Waals surface area contributed by atoms with E-state index < -0.39 is 11.4 Å². The molecule has 0 aliphatic heterocycles. The number of Topliss-reactive ketones (excluding diaryl/α,β-unsaturated/α-hetero) is 1. The molecule has 0 amide bonds. The number of hydrogen-bond acceptors (Lipinski definition) is 5. The molecule has 0 unspecified atom stereocenters. The molecular formula is C42H48O5. The van der Waals surface area contributed by atoms with Crippen LogP contribution in [0.3, 0.4) is 0 Å². The van der Waals surface area contributed by atoms with Crippen molar-refractivity contribution < 1.29 is 23.8 Å². The van der Waals surface area contributed by atoms with Gasteiger partial charge in [0.2, 0.25) is 0 Å². The van der Waals surface area contributed by atoms with E-state index in [2.05, 4.69) is 57.2 Å². The summed E-state index contributed by atoms with van der Waals surface area (Å²) in [5.41, 5.74) is 2.97. The van der Waals surface area contributed by atoms with Crippen LogP contribution in [-0.4, -0.2) is 17.4 Å². The van der Waals surface area contributed by atoms with Gasteiger partial charge in [0.1, 0.15) is 28.6 Å². The quantitative estimate of drug-likeness (QED) is 0.0883. The second kappa shape index (κ2) is 14.2. The molecule has 5 nitrogen and oxygen atoms in total. The van der Waals surface area contributed by atoms with Crippen LogP contribution in [0.5, 0.6) is 23.0 Å². The summed E-state index contributed by atoms with van der Waals surface area (Å²) < 4.78 is 17.9. The number of hydrogen-bond donors (Lipinski definition) is 0. The summed E-state index contributed by atoms with van der Waals surface area (Å²) in [4.78, 5) is 25.7. The highest BCUT2D eigenvalue weighted by Gasteiger charge is 2.36. The monoisotopic (exact) mass is 632 g/mol. The molecule has 1 aliphatic carbocycles. The molecule has 1 saturated carbocycles. The molecule has 4 aromatic rings. The molecule has 0 radical (unpaired) electrons. The van der Waals surface area contributed by atoms with Gasteiger partial charge in [-0.3, -0.25) is 4.79 Å². The van der Waals surface area contributed by atoms with Gasteiger partial charge in [0.15, 0.2) is 5.78 Å². The van der Waals surface area contributed by atoms with Gasteiger partial charge in [-0.15, -0.1) is 0 Å². The van der Waals surface area contributed by atoms with Crippen LogP contribution in [0, 0.1) is 5.41 Å². The van der Waals surface area contributed by atoms with Gasteiger partial charge < -0.3 is 14.2 Å². The zero-order valence-electron chi connectivity index (χ0n) is 28.7. The summed E-state index contributed by atoms with van der Waals surface area (Å²) in [6.45, 7) is 12.3. The van der Waals surface area contributed by atoms with Crippen LogP contribution >= 0.6 is 0 Å². The van der Waals surface area contributed by atoms with Crippen molar-refractivity contribution in [2.45, 2.75) is 97.5 Å². The summed E-state index contributed by atoms with van der Waals surface area (Å²) in [5, 5.41) is 0. The van der Waals surface area contributed by atoms with E-state index in [0.29, 0.717) is 28.4 Å². The van der Waals surface area contributed by atoms with Crippen LogP contribution in [0.4, 0.5) is 0 Å². The Hall–Kier alpha value is -4.38. The zero-order chi connectivity index (χ0) is 33.7. The lowest BCUT2D eigenvalue weighted by atomic mass is 9.65. The fourth-order valence-corrected chi connectivity index (χ4v) is 6.16. The van der Waals surface area contributed by atoms with Crippen molar-refractivity contribution in [3.63, 3.8) is 0 Å². The minimum Gasteiger partial charge on any atom is -0.488 e. The molecule has 0 atom stereocenters. The second-order valence-electron chi connectivity index (χ2n) is 14.0. The van der Waals surface area contributed by atoms with E-state index >= 15 is 0 Å². The minimum atomic E-state index is -0.427. The van der Waals surface area contributed by atoms with E-state index in [4.69, 9.17) is 14.2 Å². The van der Waals surface area contributed by atoms with E-state index in [-0.39, 0.29) is 16.8 Å². The van der Waals surface area contributed by atoms with Crippen molar-refractivity contribution in [1.82, 2.24) is 0 Å². The summed E-state index contributed by atoms with van der Waals surface area (Å²) >= 11 is 0. The van der Waals surface area contributed by atoms with Crippen molar-refractivity contribution in [3.05, 3.63) is 119 Å². The van der Waals surface area contributed by atoms with Gasteiger partial charge in [0.25, 0.3) is 0 Å². The molecule has 1 fully saturated rings. The molecular weight excluding hydrogens is 584 g/mol. The van der Waals surface area contributed by atoms with E-state index in [1.807, 2.05) is 32.9 Å². The molecule has 0 aromatic heterocycles. The largest absolute Gasteiger partial charge is 0.488 e. The fraction of sp³-hybridized carbons (Fsp3) is 0.381. The van der Waals surface area contributed by atoms with Crippen LogP contribution in [-0.2, 0) is 5.41 Å². The molecule has 4 aromatic carbocycles. The topological polar surface area (TPSA) is 61.8 Å². The predicted octanol–water partition coefficient (Wildman–Crippen LogP) is 11.1. The maximum atomic E-state index is 13.0. The summed E-state index contributed by atoms with van der Waals surface area (Å²) in [6.07, 6.45) is 7.49. The van der Waals surface area contributed by atoms with Gasteiger partial charge in [-0.25, -0.2) is 4.79 Å². The standard InChI is InChI=1S/C42H48O5/c1-7-40(3,4)38(43)30-12-20-34(21-13-30)45-35-22-14-31(15-23-35)39(44)46-36-24-16-32(17-25-36)42(28-10-9-11-29-42)33-18-26-37(27-19-33)47-41(5,6)8-2/h12-27H,7-11,28-29H2,1-6H3. The van der Waals surface area contributed by atoms with Crippen LogP contribution in [0.2, 0.25) is 0 Å². The third-order valence-corrected chi connectivity index (χ3v) is 9.92. The number of ether oxygens (including phenoxy) is 3. The Bertz CT molecular complexity index is 1640. The van der Waals surface area contributed by atoms with Gasteiger partial charge in [-0.05, 0) is 123 Å². The molecule has 0 N–H and O–H groups in total. The molecule has 1 aliphatic rings. The Morgan fingerprint density at radius 2 is 1.06 bits per heavy atom. The Labute approximate surface area is 280 Å². The first-order chi connectivity index (χ1) is 22.4. The highest BCUT2D eigenvalue weighted by Crippen LogP contribution is 2.45. The van der Waals surface area contributed by atoms with Gasteiger partial charge in [-0.2, -0.15) is 0 Å². The van der Waals surface area contributed by atoms with Crippen molar-refractivity contribution in [1.29, 1.82) is 0 Å². The maximum absolute atomic E-state index is 13.0. The molecule has 5 rings (SSSR count). The molecule has 0 bridgehead atoms. The molecule has 246 valence electrons. The lowest BCUT2D eigenvalue weighted by molar-refractivity contribution is 0.0734. The lowest BCUT2D eigenvalue weighted by Gasteiger charge is -2.39. The Morgan fingerprint density at radius 3 is 1.55 bits per heavy atom. The van der Waals surface area contributed by atoms with Crippen LogP contribution < -0.4 is 14.2 Å². The minimum absolute atomic E-state index is 0.0721. The second-order valence-corrected chi connectivity index (χ2v) is 14.0. The molecule has 47 heavy (non-hydrogen) atoms. The Balaban J connectivity index is 1.23. The summed E-state index contributed by atoms with van der Waals surface area (Å²) in [5.74, 6) is 2.30. The Morgan fingerprint density at radius 1 is 0.596 bits per heavy atom. The molecule has 0 heterocycles. The average molecular weight is 633 g/mol. The Kier molecular flexibility index (Phi) is 10.2.